The Morgan fingerprint density at radius 3 is 2.50 bits per heavy atom. The Labute approximate surface area is 138 Å². The Balaban J connectivity index is 2.73. The van der Waals surface area contributed by atoms with E-state index in [1.807, 2.05) is 0 Å². The van der Waals surface area contributed by atoms with Crippen LogP contribution < -0.4 is 0 Å². The predicted octanol–water partition coefficient (Wildman–Crippen LogP) is 7.32. The van der Waals surface area contributed by atoms with Crippen LogP contribution in [0.2, 0.25) is 0 Å². The third-order valence-corrected chi connectivity index (χ3v) is 4.53. The molecule has 0 nitrogen and oxygen atoms in total. The zero-order valence-electron chi connectivity index (χ0n) is 15.5. The summed E-state index contributed by atoms with van der Waals surface area (Å²) in [5.74, 6) is 0. The Bertz CT molecular complexity index is 504. The van der Waals surface area contributed by atoms with Crippen molar-refractivity contribution < 1.29 is 0 Å². The van der Waals surface area contributed by atoms with E-state index in [0.717, 1.165) is 0 Å². The van der Waals surface area contributed by atoms with Crippen molar-refractivity contribution in [3.05, 3.63) is 58.7 Å². The van der Waals surface area contributed by atoms with E-state index < -0.39 is 0 Å². The topological polar surface area (TPSA) is 0 Å². The fourth-order valence-corrected chi connectivity index (χ4v) is 3.07. The van der Waals surface area contributed by atoms with E-state index in [4.69, 9.17) is 0 Å². The van der Waals surface area contributed by atoms with Gasteiger partial charge in [0.15, 0.2) is 0 Å². The normalized spacial score (nSPS) is 20.5. The van der Waals surface area contributed by atoms with Crippen molar-refractivity contribution >= 4 is 0 Å². The van der Waals surface area contributed by atoms with Gasteiger partial charge in [0.05, 0.1) is 0 Å². The molecule has 1 rings (SSSR count). The highest BCUT2D eigenvalue weighted by Gasteiger charge is 2.26. The lowest BCUT2D eigenvalue weighted by Crippen LogP contribution is -2.19. The Kier molecular flexibility index (Phi) is 7.65. The maximum Gasteiger partial charge on any atom is -0.0104 e. The van der Waals surface area contributed by atoms with Gasteiger partial charge in [-0.1, -0.05) is 80.4 Å². The highest BCUT2D eigenvalue weighted by atomic mass is 14.3. The molecule has 0 saturated heterocycles. The molecular formula is C22H34. The summed E-state index contributed by atoms with van der Waals surface area (Å²) in [7, 11) is 0. The van der Waals surface area contributed by atoms with E-state index in [2.05, 4.69) is 78.0 Å². The molecule has 0 aliphatic heterocycles. The maximum absolute atomic E-state index is 2.37. The molecule has 0 bridgehead atoms. The van der Waals surface area contributed by atoms with Crippen LogP contribution in [0.3, 0.4) is 0 Å². The van der Waals surface area contributed by atoms with Gasteiger partial charge in [0.2, 0.25) is 0 Å². The summed E-state index contributed by atoms with van der Waals surface area (Å²) in [6.45, 7) is 13.6. The fourth-order valence-electron chi connectivity index (χ4n) is 3.07. The van der Waals surface area contributed by atoms with Crippen LogP contribution in [0.15, 0.2) is 58.7 Å². The first-order valence-corrected chi connectivity index (χ1v) is 8.77. The van der Waals surface area contributed by atoms with E-state index >= 15 is 0 Å². The first kappa shape index (κ1) is 18.7. The number of rotatable bonds is 6. The molecule has 0 atom stereocenters. The highest BCUT2D eigenvalue weighted by Crippen LogP contribution is 2.40. The largest absolute Gasteiger partial charge is 0.0816 e. The van der Waals surface area contributed by atoms with Crippen LogP contribution in [0, 0.1) is 5.41 Å². The van der Waals surface area contributed by atoms with Crippen LogP contribution in [0.1, 0.15) is 73.6 Å². The molecule has 0 aromatic rings. The minimum atomic E-state index is 0.328. The van der Waals surface area contributed by atoms with Crippen LogP contribution in [0.25, 0.3) is 0 Å². The van der Waals surface area contributed by atoms with Gasteiger partial charge in [0, 0.05) is 0 Å². The lowest BCUT2D eigenvalue weighted by Gasteiger charge is -2.32. The van der Waals surface area contributed by atoms with Crippen LogP contribution in [0.4, 0.5) is 0 Å². The van der Waals surface area contributed by atoms with Gasteiger partial charge in [0.25, 0.3) is 0 Å². The van der Waals surface area contributed by atoms with Gasteiger partial charge in [-0.15, -0.1) is 0 Å². The van der Waals surface area contributed by atoms with E-state index in [9.17, 15) is 0 Å². The molecule has 0 aromatic carbocycles. The third-order valence-electron chi connectivity index (χ3n) is 4.53. The van der Waals surface area contributed by atoms with Crippen molar-refractivity contribution in [3.8, 4) is 0 Å². The highest BCUT2D eigenvalue weighted by molar-refractivity contribution is 5.37. The molecule has 0 heterocycles. The molecule has 22 heavy (non-hydrogen) atoms. The summed E-state index contributed by atoms with van der Waals surface area (Å²) in [5, 5.41) is 0. The van der Waals surface area contributed by atoms with Crippen molar-refractivity contribution in [1.29, 1.82) is 0 Å². The molecule has 0 fully saturated rings. The second-order valence-electron chi connectivity index (χ2n) is 7.27. The number of unbranched alkanes of at least 4 members (excludes halogenated alkanes) is 1. The molecule has 0 heteroatoms. The molecule has 0 unspecified atom stereocenters. The molecule has 122 valence electrons. The Morgan fingerprint density at radius 1 is 1.14 bits per heavy atom. The molecule has 1 aliphatic rings. The summed E-state index contributed by atoms with van der Waals surface area (Å²) in [5.41, 5.74) is 6.08. The molecule has 0 spiro atoms. The van der Waals surface area contributed by atoms with Gasteiger partial charge in [0.1, 0.15) is 0 Å². The number of hydrogen-bond donors (Lipinski definition) is 0. The summed E-state index contributed by atoms with van der Waals surface area (Å²) in [6.07, 6.45) is 19.7. The lowest BCUT2D eigenvalue weighted by molar-refractivity contribution is 0.377. The quantitative estimate of drug-likeness (QED) is 0.451. The van der Waals surface area contributed by atoms with Crippen molar-refractivity contribution in [2.45, 2.75) is 73.6 Å². The summed E-state index contributed by atoms with van der Waals surface area (Å²) >= 11 is 0. The van der Waals surface area contributed by atoms with Crippen molar-refractivity contribution in [1.82, 2.24) is 0 Å². The van der Waals surface area contributed by atoms with Crippen LogP contribution in [-0.4, -0.2) is 0 Å². The minimum absolute atomic E-state index is 0.328. The van der Waals surface area contributed by atoms with Gasteiger partial charge in [-0.3, -0.25) is 0 Å². The molecule has 0 N–H and O–H groups in total. The van der Waals surface area contributed by atoms with Crippen molar-refractivity contribution in [2.24, 2.45) is 5.41 Å². The zero-order valence-corrected chi connectivity index (χ0v) is 15.5. The van der Waals surface area contributed by atoms with E-state index in [-0.39, 0.29) is 0 Å². The molecule has 0 amide bonds. The maximum atomic E-state index is 2.37. The zero-order chi connectivity index (χ0) is 16.6. The smallest absolute Gasteiger partial charge is 0.0104 e. The van der Waals surface area contributed by atoms with Gasteiger partial charge in [-0.05, 0) is 57.4 Å². The monoisotopic (exact) mass is 298 g/mol. The number of allylic oxidation sites excluding steroid dienone is 10. The molecule has 0 aromatic heterocycles. The number of hydrogen-bond acceptors (Lipinski definition) is 0. The van der Waals surface area contributed by atoms with Gasteiger partial charge in [-0.2, -0.15) is 0 Å². The second-order valence-corrected chi connectivity index (χ2v) is 7.27. The molecule has 0 radical (unpaired) electrons. The first-order chi connectivity index (χ1) is 10.4. The van der Waals surface area contributed by atoms with E-state index in [0.29, 0.717) is 5.41 Å². The fraction of sp³-hybridized carbons (Fsp3) is 0.545. The van der Waals surface area contributed by atoms with Gasteiger partial charge < -0.3 is 0 Å². The molecule has 0 saturated carbocycles. The standard InChI is InChI=1S/C22H34/c1-7-8-11-18(2)12-9-13-19(3)15-16-21-20(4)14-10-17-22(21,5)6/h9,11-13,15-16H,7-8,10,14,17H2,1-6H3/b12-9+,16-15+,18-11+,19-13+. The van der Waals surface area contributed by atoms with E-state index in [1.54, 1.807) is 5.57 Å². The Morgan fingerprint density at radius 2 is 1.86 bits per heavy atom. The Hall–Kier alpha value is -1.30. The molecule has 1 aliphatic carbocycles. The second kappa shape index (κ2) is 8.98. The SMILES string of the molecule is CCC/C=C(C)/C=C/C=C(C)/C=C/C1=C(C)CCCC1(C)C. The van der Waals surface area contributed by atoms with Crippen LogP contribution in [-0.2, 0) is 0 Å². The average molecular weight is 299 g/mol. The van der Waals surface area contributed by atoms with Crippen molar-refractivity contribution in [2.75, 3.05) is 0 Å². The van der Waals surface area contributed by atoms with Gasteiger partial charge >= 0.3 is 0 Å². The average Bonchev–Trinajstić information content (AvgIpc) is 2.43. The first-order valence-electron chi connectivity index (χ1n) is 8.77. The third kappa shape index (κ3) is 6.22. The summed E-state index contributed by atoms with van der Waals surface area (Å²) in [6, 6.07) is 0. The molecular weight excluding hydrogens is 264 g/mol. The van der Waals surface area contributed by atoms with Crippen LogP contribution in [0.5, 0.6) is 0 Å². The predicted molar refractivity (Wildman–Crippen MR) is 101 cm³/mol. The lowest BCUT2D eigenvalue weighted by atomic mass is 9.72. The van der Waals surface area contributed by atoms with Crippen LogP contribution >= 0.6 is 0 Å². The van der Waals surface area contributed by atoms with Gasteiger partial charge in [-0.25, -0.2) is 0 Å². The summed E-state index contributed by atoms with van der Waals surface area (Å²) in [4.78, 5) is 0. The minimum Gasteiger partial charge on any atom is -0.0816 e. The van der Waals surface area contributed by atoms with Crippen molar-refractivity contribution in [3.63, 3.8) is 0 Å². The summed E-state index contributed by atoms with van der Waals surface area (Å²) < 4.78 is 0. The van der Waals surface area contributed by atoms with E-state index in [1.165, 1.54) is 48.8 Å².